The number of hydrogen-bond acceptors (Lipinski definition) is 2. The normalized spacial score (nSPS) is 34.6. The molecule has 0 N–H and O–H groups in total. The summed E-state index contributed by atoms with van der Waals surface area (Å²) in [5.74, 6) is 1.53. The Balaban J connectivity index is 1.72. The molecule has 26 heavy (non-hydrogen) atoms. The van der Waals surface area contributed by atoms with Gasteiger partial charge in [-0.2, -0.15) is 10.2 Å². The van der Waals surface area contributed by atoms with Crippen LogP contribution in [-0.2, 0) is 0 Å². The van der Waals surface area contributed by atoms with E-state index in [2.05, 4.69) is 24.3 Å². The van der Waals surface area contributed by atoms with Crippen LogP contribution in [0.15, 0.2) is 34.5 Å². The van der Waals surface area contributed by atoms with Gasteiger partial charge >= 0.3 is 0 Å². The second kappa shape index (κ2) is 11.7. The van der Waals surface area contributed by atoms with Crippen LogP contribution in [0.25, 0.3) is 0 Å². The van der Waals surface area contributed by atoms with E-state index in [4.69, 9.17) is 10.2 Å². The molecule has 2 heteroatoms. The summed E-state index contributed by atoms with van der Waals surface area (Å²) in [5, 5.41) is 10.1. The van der Waals surface area contributed by atoms with Crippen molar-refractivity contribution in [1.29, 1.82) is 0 Å². The number of azo groups is 1. The van der Waals surface area contributed by atoms with E-state index in [0.29, 0.717) is 12.1 Å². The predicted octanol–water partition coefficient (Wildman–Crippen LogP) is 7.80. The minimum absolute atomic E-state index is 0.432. The summed E-state index contributed by atoms with van der Waals surface area (Å²) in [6.45, 7) is 0. The number of hydrogen-bond donors (Lipinski definition) is 0. The molecule has 3 rings (SSSR count). The summed E-state index contributed by atoms with van der Waals surface area (Å²) in [4.78, 5) is 0. The molecule has 0 amide bonds. The summed E-state index contributed by atoms with van der Waals surface area (Å²) in [5.41, 5.74) is 0. The lowest BCUT2D eigenvalue weighted by Crippen LogP contribution is -2.21. The van der Waals surface area contributed by atoms with Gasteiger partial charge in [0.15, 0.2) is 0 Å². The average Bonchev–Trinajstić information content (AvgIpc) is 3.07. The van der Waals surface area contributed by atoms with Crippen LogP contribution in [0.2, 0.25) is 0 Å². The fraction of sp³-hybridized carbons (Fsp3) is 0.833. The van der Waals surface area contributed by atoms with Crippen LogP contribution >= 0.6 is 0 Å². The summed E-state index contributed by atoms with van der Waals surface area (Å²) < 4.78 is 0. The van der Waals surface area contributed by atoms with Crippen molar-refractivity contribution in [2.24, 2.45) is 22.1 Å². The molecule has 2 unspecified atom stereocenters. The molecule has 0 bridgehead atoms. The number of nitrogens with zero attached hydrogens (tertiary/aromatic N) is 2. The van der Waals surface area contributed by atoms with E-state index in [9.17, 15) is 0 Å². The molecule has 0 aromatic carbocycles. The number of rotatable bonds is 2. The van der Waals surface area contributed by atoms with E-state index in [1.807, 2.05) is 0 Å². The molecule has 0 radical (unpaired) electrons. The Hall–Kier alpha value is -0.920. The maximum absolute atomic E-state index is 5.05. The highest BCUT2D eigenvalue weighted by Gasteiger charge is 2.25. The van der Waals surface area contributed by atoms with Crippen LogP contribution in [0.5, 0.6) is 0 Å². The maximum atomic E-state index is 5.05. The first-order valence-electron chi connectivity index (χ1n) is 11.6. The van der Waals surface area contributed by atoms with E-state index < -0.39 is 0 Å². The molecule has 2 saturated carbocycles. The average molecular weight is 357 g/mol. The minimum atomic E-state index is 0.432. The Labute approximate surface area is 161 Å². The molecule has 0 saturated heterocycles. The van der Waals surface area contributed by atoms with Crippen molar-refractivity contribution < 1.29 is 0 Å². The molecule has 2 nitrogen and oxygen atoms in total. The molecule has 0 aromatic rings. The summed E-state index contributed by atoms with van der Waals surface area (Å²) >= 11 is 0. The fourth-order valence-electron chi connectivity index (χ4n) is 5.13. The van der Waals surface area contributed by atoms with Gasteiger partial charge in [0.25, 0.3) is 0 Å². The van der Waals surface area contributed by atoms with Gasteiger partial charge in [0.2, 0.25) is 0 Å². The fourth-order valence-corrected chi connectivity index (χ4v) is 5.13. The van der Waals surface area contributed by atoms with Gasteiger partial charge in [-0.15, -0.1) is 0 Å². The highest BCUT2D eigenvalue weighted by atomic mass is 15.1. The van der Waals surface area contributed by atoms with E-state index in [1.165, 1.54) is 89.9 Å². The smallest absolute Gasteiger partial charge is 0.0770 e. The molecule has 0 aromatic heterocycles. The first-order chi connectivity index (χ1) is 12.9. The zero-order chi connectivity index (χ0) is 17.9. The summed E-state index contributed by atoms with van der Waals surface area (Å²) in [6, 6.07) is 0.863. The third-order valence-corrected chi connectivity index (χ3v) is 6.84. The molecular formula is C24H40N2. The zero-order valence-corrected chi connectivity index (χ0v) is 16.8. The van der Waals surface area contributed by atoms with Crippen molar-refractivity contribution in [1.82, 2.24) is 0 Å². The Morgan fingerprint density at radius 2 is 0.846 bits per heavy atom. The van der Waals surface area contributed by atoms with Crippen molar-refractivity contribution in [2.45, 2.75) is 115 Å². The van der Waals surface area contributed by atoms with Gasteiger partial charge in [-0.3, -0.25) is 0 Å². The lowest BCUT2D eigenvalue weighted by Gasteiger charge is -2.24. The highest BCUT2D eigenvalue weighted by molar-refractivity contribution is 4.95. The monoisotopic (exact) mass is 356 g/mol. The van der Waals surface area contributed by atoms with Gasteiger partial charge in [0.05, 0.1) is 12.1 Å². The van der Waals surface area contributed by atoms with Crippen molar-refractivity contribution in [2.75, 3.05) is 0 Å². The van der Waals surface area contributed by atoms with Crippen molar-refractivity contribution in [3.63, 3.8) is 0 Å². The minimum Gasteiger partial charge on any atom is -0.190 e. The third kappa shape index (κ3) is 6.67. The Morgan fingerprint density at radius 1 is 0.462 bits per heavy atom. The molecule has 0 spiro atoms. The maximum Gasteiger partial charge on any atom is 0.0770 e. The van der Waals surface area contributed by atoms with E-state index in [0.717, 1.165) is 24.7 Å². The second-order valence-electron chi connectivity index (χ2n) is 8.86. The molecule has 1 aliphatic heterocycles. The second-order valence-corrected chi connectivity index (χ2v) is 8.86. The summed E-state index contributed by atoms with van der Waals surface area (Å²) in [6.07, 6.45) is 30.8. The SMILES string of the molecule is C1=C/CC(C2CCCCCC2)/N=N/C(C2CCCCCC2)C/C=C/CC/1. The summed E-state index contributed by atoms with van der Waals surface area (Å²) in [7, 11) is 0. The Kier molecular flexibility index (Phi) is 8.94. The third-order valence-electron chi connectivity index (χ3n) is 6.84. The molecule has 1 heterocycles. The van der Waals surface area contributed by atoms with Gasteiger partial charge in [-0.1, -0.05) is 75.7 Å². The lowest BCUT2D eigenvalue weighted by molar-refractivity contribution is 0.331. The largest absolute Gasteiger partial charge is 0.190 e. The first kappa shape index (κ1) is 19.8. The quantitative estimate of drug-likeness (QED) is 0.356. The highest BCUT2D eigenvalue weighted by Crippen LogP contribution is 2.32. The molecule has 2 atom stereocenters. The standard InChI is InChI=1S/C24H40N2/c1-2-4-14-20-24(22-17-11-7-8-12-18-22)26-25-23(19-13-3-1)21-15-9-5-6-10-16-21/h3-4,13-14,21-24H,1-2,5-12,15-20H2/b13-3+,14-4+,26-25+. The molecule has 3 aliphatic rings. The van der Waals surface area contributed by atoms with Crippen LogP contribution in [0.1, 0.15) is 103 Å². The van der Waals surface area contributed by atoms with Crippen LogP contribution in [0.4, 0.5) is 0 Å². The van der Waals surface area contributed by atoms with Gasteiger partial charge in [-0.25, -0.2) is 0 Å². The topological polar surface area (TPSA) is 24.7 Å². The van der Waals surface area contributed by atoms with Crippen molar-refractivity contribution >= 4 is 0 Å². The van der Waals surface area contributed by atoms with Gasteiger partial charge in [0.1, 0.15) is 0 Å². The van der Waals surface area contributed by atoms with Crippen molar-refractivity contribution in [3.8, 4) is 0 Å². The Morgan fingerprint density at radius 3 is 1.23 bits per heavy atom. The van der Waals surface area contributed by atoms with Gasteiger partial charge in [0, 0.05) is 0 Å². The van der Waals surface area contributed by atoms with Crippen LogP contribution in [-0.4, -0.2) is 12.1 Å². The molecular weight excluding hydrogens is 316 g/mol. The Bertz CT molecular complexity index is 407. The molecule has 146 valence electrons. The number of allylic oxidation sites excluding steroid dienone is 2. The van der Waals surface area contributed by atoms with Gasteiger partial charge in [-0.05, 0) is 63.2 Å². The zero-order valence-electron chi connectivity index (χ0n) is 16.8. The van der Waals surface area contributed by atoms with E-state index in [1.54, 1.807) is 0 Å². The van der Waals surface area contributed by atoms with Crippen LogP contribution < -0.4 is 0 Å². The van der Waals surface area contributed by atoms with Crippen LogP contribution in [0, 0.1) is 11.8 Å². The van der Waals surface area contributed by atoms with Crippen LogP contribution in [0.3, 0.4) is 0 Å². The molecule has 2 fully saturated rings. The lowest BCUT2D eigenvalue weighted by atomic mass is 9.89. The van der Waals surface area contributed by atoms with E-state index >= 15 is 0 Å². The molecule has 2 aliphatic carbocycles. The van der Waals surface area contributed by atoms with Gasteiger partial charge < -0.3 is 0 Å². The first-order valence-corrected chi connectivity index (χ1v) is 11.6. The van der Waals surface area contributed by atoms with Crippen molar-refractivity contribution in [3.05, 3.63) is 24.3 Å². The predicted molar refractivity (Wildman–Crippen MR) is 112 cm³/mol. The van der Waals surface area contributed by atoms with E-state index in [-0.39, 0.29) is 0 Å².